The van der Waals surface area contributed by atoms with E-state index in [1.54, 1.807) is 6.07 Å². The van der Waals surface area contributed by atoms with Crippen LogP contribution in [-0.4, -0.2) is 16.1 Å². The van der Waals surface area contributed by atoms with Gasteiger partial charge in [0.15, 0.2) is 5.11 Å². The third-order valence-corrected chi connectivity index (χ3v) is 3.88. The number of phenols is 1. The monoisotopic (exact) mass is 342 g/mol. The van der Waals surface area contributed by atoms with Crippen LogP contribution in [0.3, 0.4) is 0 Å². The number of amides is 1. The molecule has 0 aromatic heterocycles. The van der Waals surface area contributed by atoms with Gasteiger partial charge in [-0.3, -0.25) is 4.79 Å². The number of carbonyl (C=O) groups excluding carboxylic acids is 1. The molecule has 2 rings (SSSR count). The zero-order valence-corrected chi connectivity index (χ0v) is 14.7. The van der Waals surface area contributed by atoms with Crippen molar-refractivity contribution in [2.45, 2.75) is 32.6 Å². The first-order valence-electron chi connectivity index (χ1n) is 7.93. The first-order chi connectivity index (χ1) is 11.5. The summed E-state index contributed by atoms with van der Waals surface area (Å²) >= 11 is 5.16. The summed E-state index contributed by atoms with van der Waals surface area (Å²) in [6.07, 6.45) is 1.01. The van der Waals surface area contributed by atoms with E-state index in [1.807, 2.05) is 42.5 Å². The Morgan fingerprint density at radius 3 is 2.54 bits per heavy atom. The van der Waals surface area contributed by atoms with E-state index < -0.39 is 0 Å². The van der Waals surface area contributed by atoms with Gasteiger partial charge in [0, 0.05) is 6.42 Å². The molecule has 0 spiro atoms. The maximum atomic E-state index is 12.0. The zero-order chi connectivity index (χ0) is 17.5. The number of rotatable bonds is 5. The van der Waals surface area contributed by atoms with Gasteiger partial charge in [-0.2, -0.15) is 0 Å². The summed E-state index contributed by atoms with van der Waals surface area (Å²) in [5, 5.41) is 15.6. The van der Waals surface area contributed by atoms with Crippen molar-refractivity contribution in [3.63, 3.8) is 0 Å². The minimum atomic E-state index is -0.157. The molecular weight excluding hydrogens is 320 g/mol. The Morgan fingerprint density at radius 1 is 1.17 bits per heavy atom. The van der Waals surface area contributed by atoms with Crippen LogP contribution in [0.25, 0.3) is 0 Å². The summed E-state index contributed by atoms with van der Waals surface area (Å²) in [5.41, 5.74) is 2.68. The van der Waals surface area contributed by atoms with E-state index in [2.05, 4.69) is 24.5 Å². The number of carbonyl (C=O) groups is 1. The fourth-order valence-corrected chi connectivity index (χ4v) is 2.48. The minimum Gasteiger partial charge on any atom is -0.506 e. The van der Waals surface area contributed by atoms with Gasteiger partial charge < -0.3 is 15.7 Å². The summed E-state index contributed by atoms with van der Waals surface area (Å²) in [5.74, 6) is 0.274. The van der Waals surface area contributed by atoms with Gasteiger partial charge in [0.2, 0.25) is 5.91 Å². The lowest BCUT2D eigenvalue weighted by Crippen LogP contribution is -2.34. The standard InChI is InChI=1S/C19H22N2O2S/c1-13(2)15-9-10-17(22)16(12-15)20-19(24)21-18(23)11-8-14-6-4-3-5-7-14/h3-7,9-10,12-13,22H,8,11H2,1-2H3,(H2,20,21,23,24). The number of benzene rings is 2. The van der Waals surface area contributed by atoms with Crippen LogP contribution in [0.5, 0.6) is 5.75 Å². The molecule has 3 N–H and O–H groups in total. The zero-order valence-electron chi connectivity index (χ0n) is 13.9. The quantitative estimate of drug-likeness (QED) is 0.568. The average Bonchev–Trinajstić information content (AvgIpc) is 2.55. The number of hydrogen-bond donors (Lipinski definition) is 3. The summed E-state index contributed by atoms with van der Waals surface area (Å²) in [6.45, 7) is 4.14. The first kappa shape index (κ1) is 17.9. The maximum absolute atomic E-state index is 12.0. The maximum Gasteiger partial charge on any atom is 0.226 e. The van der Waals surface area contributed by atoms with Gasteiger partial charge in [0.1, 0.15) is 5.75 Å². The second kappa shape index (κ2) is 8.45. The molecular formula is C19H22N2O2S. The molecule has 0 fully saturated rings. The van der Waals surface area contributed by atoms with Gasteiger partial charge in [-0.1, -0.05) is 50.2 Å². The molecule has 24 heavy (non-hydrogen) atoms. The molecule has 0 aliphatic rings. The Morgan fingerprint density at radius 2 is 1.88 bits per heavy atom. The second-order valence-corrected chi connectivity index (χ2v) is 6.33. The highest BCUT2D eigenvalue weighted by molar-refractivity contribution is 7.80. The van der Waals surface area contributed by atoms with Gasteiger partial charge in [0.05, 0.1) is 5.69 Å². The Kier molecular flexibility index (Phi) is 6.32. The van der Waals surface area contributed by atoms with E-state index >= 15 is 0 Å². The van der Waals surface area contributed by atoms with Crippen molar-refractivity contribution < 1.29 is 9.90 Å². The molecule has 0 radical (unpaired) electrons. The lowest BCUT2D eigenvalue weighted by atomic mass is 10.0. The lowest BCUT2D eigenvalue weighted by Gasteiger charge is -2.13. The van der Waals surface area contributed by atoms with Gasteiger partial charge in [-0.15, -0.1) is 0 Å². The van der Waals surface area contributed by atoms with Crippen LogP contribution in [0.15, 0.2) is 48.5 Å². The highest BCUT2D eigenvalue weighted by atomic mass is 32.1. The molecule has 4 nitrogen and oxygen atoms in total. The minimum absolute atomic E-state index is 0.0975. The van der Waals surface area contributed by atoms with Crippen molar-refractivity contribution in [3.8, 4) is 5.75 Å². The number of thiocarbonyl (C=S) groups is 1. The average molecular weight is 342 g/mol. The van der Waals surface area contributed by atoms with Crippen LogP contribution in [0, 0.1) is 0 Å². The molecule has 0 bridgehead atoms. The molecule has 1 amide bonds. The van der Waals surface area contributed by atoms with Crippen molar-refractivity contribution in [2.24, 2.45) is 0 Å². The highest BCUT2D eigenvalue weighted by Crippen LogP contribution is 2.27. The van der Waals surface area contributed by atoms with E-state index in [-0.39, 0.29) is 16.8 Å². The van der Waals surface area contributed by atoms with Crippen LogP contribution in [0.4, 0.5) is 5.69 Å². The number of phenolic OH excluding ortho intramolecular Hbond substituents is 1. The summed E-state index contributed by atoms with van der Waals surface area (Å²) in [4.78, 5) is 12.0. The van der Waals surface area contributed by atoms with Crippen molar-refractivity contribution in [2.75, 3.05) is 5.32 Å². The van der Waals surface area contributed by atoms with Crippen molar-refractivity contribution in [1.29, 1.82) is 0 Å². The van der Waals surface area contributed by atoms with E-state index in [9.17, 15) is 9.90 Å². The second-order valence-electron chi connectivity index (χ2n) is 5.92. The Bertz CT molecular complexity index is 715. The SMILES string of the molecule is CC(C)c1ccc(O)c(NC(=S)NC(=O)CCc2ccccc2)c1. The summed E-state index contributed by atoms with van der Waals surface area (Å²) in [7, 11) is 0. The van der Waals surface area contributed by atoms with Gasteiger partial charge in [0.25, 0.3) is 0 Å². The van der Waals surface area contributed by atoms with Gasteiger partial charge in [-0.05, 0) is 47.8 Å². The molecule has 0 aliphatic carbocycles. The Labute approximate surface area is 147 Å². The van der Waals surface area contributed by atoms with Gasteiger partial charge in [-0.25, -0.2) is 0 Å². The van der Waals surface area contributed by atoms with Crippen LogP contribution in [0.1, 0.15) is 37.3 Å². The molecule has 0 heterocycles. The van der Waals surface area contributed by atoms with Gasteiger partial charge >= 0.3 is 0 Å². The number of aryl methyl sites for hydroxylation is 1. The van der Waals surface area contributed by atoms with Crippen molar-refractivity contribution >= 4 is 28.9 Å². The van der Waals surface area contributed by atoms with Crippen LogP contribution in [0.2, 0.25) is 0 Å². The van der Waals surface area contributed by atoms with E-state index in [0.717, 1.165) is 11.1 Å². The molecule has 0 aliphatic heterocycles. The molecule has 0 saturated heterocycles. The normalized spacial score (nSPS) is 10.5. The number of anilines is 1. The number of nitrogens with one attached hydrogen (secondary N) is 2. The summed E-state index contributed by atoms with van der Waals surface area (Å²) < 4.78 is 0. The first-order valence-corrected chi connectivity index (χ1v) is 8.34. The smallest absolute Gasteiger partial charge is 0.226 e. The highest BCUT2D eigenvalue weighted by Gasteiger charge is 2.09. The molecule has 126 valence electrons. The van der Waals surface area contributed by atoms with Crippen molar-refractivity contribution in [1.82, 2.24) is 5.32 Å². The molecule has 0 unspecified atom stereocenters. The number of aromatic hydroxyl groups is 1. The topological polar surface area (TPSA) is 61.4 Å². The number of hydrogen-bond acceptors (Lipinski definition) is 3. The molecule has 0 atom stereocenters. The van der Waals surface area contributed by atoms with Crippen LogP contribution >= 0.6 is 12.2 Å². The van der Waals surface area contributed by atoms with E-state index in [0.29, 0.717) is 24.4 Å². The molecule has 2 aromatic rings. The molecule has 5 heteroatoms. The predicted molar refractivity (Wildman–Crippen MR) is 101 cm³/mol. The Hall–Kier alpha value is -2.40. The molecule has 0 saturated carbocycles. The fourth-order valence-electron chi connectivity index (χ4n) is 2.26. The van der Waals surface area contributed by atoms with Crippen LogP contribution < -0.4 is 10.6 Å². The Balaban J connectivity index is 1.88. The van der Waals surface area contributed by atoms with E-state index in [4.69, 9.17) is 12.2 Å². The predicted octanol–water partition coefficient (Wildman–Crippen LogP) is 3.96. The third-order valence-electron chi connectivity index (χ3n) is 3.67. The largest absolute Gasteiger partial charge is 0.506 e. The molecule has 2 aromatic carbocycles. The van der Waals surface area contributed by atoms with Crippen molar-refractivity contribution in [3.05, 3.63) is 59.7 Å². The lowest BCUT2D eigenvalue weighted by molar-refractivity contribution is -0.119. The van der Waals surface area contributed by atoms with Crippen LogP contribution in [-0.2, 0) is 11.2 Å². The van der Waals surface area contributed by atoms with E-state index in [1.165, 1.54) is 0 Å². The fraction of sp³-hybridized carbons (Fsp3) is 0.263. The third kappa shape index (κ3) is 5.35. The summed E-state index contributed by atoms with van der Waals surface area (Å²) in [6, 6.07) is 15.1.